The average Bonchev–Trinajstić information content (AvgIpc) is 2.55. The first-order valence-electron chi connectivity index (χ1n) is 5.56. The van der Waals surface area contributed by atoms with Crippen LogP contribution in [0.2, 0.25) is 0 Å². The van der Waals surface area contributed by atoms with Crippen molar-refractivity contribution >= 4 is 34.8 Å². The molecule has 3 N–H and O–H groups in total. The number of hydrogen-bond acceptors (Lipinski definition) is 2. The van der Waals surface area contributed by atoms with Crippen LogP contribution in [0.3, 0.4) is 0 Å². The lowest BCUT2D eigenvalue weighted by molar-refractivity contribution is -0.116. The number of fused-ring (bicyclic) bond motifs is 1. The number of hydrogen-bond donors (Lipinski definition) is 3. The van der Waals surface area contributed by atoms with Gasteiger partial charge in [0.2, 0.25) is 5.91 Å². The average molecular weight is 249 g/mol. The number of carbonyl (C=O) groups excluding carboxylic acids is 1. The molecule has 1 aromatic heterocycles. The van der Waals surface area contributed by atoms with Gasteiger partial charge in [-0.05, 0) is 36.3 Å². The lowest BCUT2D eigenvalue weighted by atomic mass is 10.1. The van der Waals surface area contributed by atoms with Gasteiger partial charge in [-0.2, -0.15) is 0 Å². The Bertz CT molecular complexity index is 597. The third kappa shape index (κ3) is 2.94. The van der Waals surface area contributed by atoms with Gasteiger partial charge in [0.15, 0.2) is 4.77 Å². The van der Waals surface area contributed by atoms with Crippen LogP contribution in [0.4, 0.5) is 5.69 Å². The minimum absolute atomic E-state index is 0.0356. The lowest BCUT2D eigenvalue weighted by Crippen LogP contribution is -2.13. The zero-order valence-corrected chi connectivity index (χ0v) is 10.6. The fourth-order valence-electron chi connectivity index (χ4n) is 1.69. The molecule has 1 aromatic carbocycles. The summed E-state index contributed by atoms with van der Waals surface area (Å²) in [5, 5.41) is 2.87. The van der Waals surface area contributed by atoms with E-state index in [1.54, 1.807) is 0 Å². The fraction of sp³-hybridized carbons (Fsp3) is 0.333. The Kier molecular flexibility index (Phi) is 3.28. The van der Waals surface area contributed by atoms with Gasteiger partial charge in [0.1, 0.15) is 0 Å². The monoisotopic (exact) mass is 249 g/mol. The maximum Gasteiger partial charge on any atom is 0.224 e. The van der Waals surface area contributed by atoms with Crippen LogP contribution in [0.15, 0.2) is 18.2 Å². The van der Waals surface area contributed by atoms with Crippen molar-refractivity contribution < 1.29 is 4.79 Å². The van der Waals surface area contributed by atoms with Gasteiger partial charge < -0.3 is 15.3 Å². The highest BCUT2D eigenvalue weighted by Gasteiger charge is 2.06. The molecule has 2 rings (SSSR count). The first kappa shape index (κ1) is 11.9. The molecule has 5 heteroatoms. The molecule has 0 aliphatic heterocycles. The Morgan fingerprint density at radius 1 is 1.35 bits per heavy atom. The van der Waals surface area contributed by atoms with Gasteiger partial charge in [0, 0.05) is 12.1 Å². The predicted octanol–water partition coefficient (Wildman–Crippen LogP) is 3.21. The molecule has 17 heavy (non-hydrogen) atoms. The molecule has 1 heterocycles. The number of nitrogens with one attached hydrogen (secondary N) is 3. The molecule has 0 fully saturated rings. The Labute approximate surface area is 104 Å². The van der Waals surface area contributed by atoms with Crippen LogP contribution in [-0.2, 0) is 4.79 Å². The second kappa shape index (κ2) is 4.71. The molecule has 0 aliphatic rings. The van der Waals surface area contributed by atoms with Crippen LogP contribution in [0.5, 0.6) is 0 Å². The van der Waals surface area contributed by atoms with Gasteiger partial charge in [-0.15, -0.1) is 0 Å². The molecule has 0 radical (unpaired) electrons. The highest BCUT2D eigenvalue weighted by molar-refractivity contribution is 7.71. The van der Waals surface area contributed by atoms with Crippen molar-refractivity contribution in [1.29, 1.82) is 0 Å². The fourth-order valence-corrected chi connectivity index (χ4v) is 1.91. The summed E-state index contributed by atoms with van der Waals surface area (Å²) in [5.41, 5.74) is 2.63. The second-order valence-electron chi connectivity index (χ2n) is 4.49. The van der Waals surface area contributed by atoms with Gasteiger partial charge in [-0.1, -0.05) is 13.8 Å². The molecule has 0 aliphatic carbocycles. The zero-order valence-electron chi connectivity index (χ0n) is 9.83. The van der Waals surface area contributed by atoms with E-state index in [-0.39, 0.29) is 5.91 Å². The summed E-state index contributed by atoms with van der Waals surface area (Å²) in [4.78, 5) is 17.7. The number of anilines is 1. The smallest absolute Gasteiger partial charge is 0.224 e. The normalized spacial score (nSPS) is 11.0. The van der Waals surface area contributed by atoms with E-state index in [0.717, 1.165) is 16.7 Å². The summed E-state index contributed by atoms with van der Waals surface area (Å²) in [6.07, 6.45) is 0.529. The molecule has 2 aromatic rings. The number of benzene rings is 1. The number of H-pyrrole nitrogens is 2. The van der Waals surface area contributed by atoms with Gasteiger partial charge in [-0.25, -0.2) is 0 Å². The summed E-state index contributed by atoms with van der Waals surface area (Å²) < 4.78 is 0.589. The summed E-state index contributed by atoms with van der Waals surface area (Å²) >= 11 is 5.00. The number of imidazole rings is 1. The van der Waals surface area contributed by atoms with E-state index in [1.807, 2.05) is 32.0 Å². The van der Waals surface area contributed by atoms with E-state index < -0.39 is 0 Å². The number of aromatic amines is 2. The maximum atomic E-state index is 11.6. The molecular formula is C12H15N3OS. The van der Waals surface area contributed by atoms with E-state index in [4.69, 9.17) is 12.2 Å². The van der Waals surface area contributed by atoms with E-state index in [2.05, 4.69) is 15.3 Å². The largest absolute Gasteiger partial charge is 0.331 e. The molecule has 4 nitrogen and oxygen atoms in total. The first-order valence-corrected chi connectivity index (χ1v) is 5.97. The molecule has 0 spiro atoms. The maximum absolute atomic E-state index is 11.6. The third-order valence-corrected chi connectivity index (χ3v) is 2.60. The lowest BCUT2D eigenvalue weighted by Gasteiger charge is -2.06. The van der Waals surface area contributed by atoms with E-state index in [9.17, 15) is 4.79 Å². The second-order valence-corrected chi connectivity index (χ2v) is 4.89. The van der Waals surface area contributed by atoms with Crippen LogP contribution < -0.4 is 5.32 Å². The van der Waals surface area contributed by atoms with Crippen molar-refractivity contribution in [3.05, 3.63) is 23.0 Å². The molecule has 0 unspecified atom stereocenters. The number of aromatic nitrogens is 2. The van der Waals surface area contributed by atoms with Crippen LogP contribution in [0.1, 0.15) is 20.3 Å². The van der Waals surface area contributed by atoms with Gasteiger partial charge in [0.05, 0.1) is 11.0 Å². The first-order chi connectivity index (χ1) is 8.04. The summed E-state index contributed by atoms with van der Waals surface area (Å²) in [5.74, 6) is 0.394. The van der Waals surface area contributed by atoms with E-state index in [0.29, 0.717) is 17.1 Å². The molecule has 0 bridgehead atoms. The Morgan fingerprint density at radius 2 is 2.06 bits per heavy atom. The third-order valence-electron chi connectivity index (χ3n) is 2.39. The molecule has 90 valence electrons. The molecule has 0 saturated carbocycles. The Hall–Kier alpha value is -1.62. The topological polar surface area (TPSA) is 60.7 Å². The van der Waals surface area contributed by atoms with Crippen molar-refractivity contribution in [1.82, 2.24) is 9.97 Å². The van der Waals surface area contributed by atoms with Gasteiger partial charge in [0.25, 0.3) is 0 Å². The summed E-state index contributed by atoms with van der Waals surface area (Å²) in [7, 11) is 0. The van der Waals surface area contributed by atoms with E-state index >= 15 is 0 Å². The van der Waals surface area contributed by atoms with Crippen LogP contribution in [0.25, 0.3) is 11.0 Å². The van der Waals surface area contributed by atoms with Crippen molar-refractivity contribution in [3.63, 3.8) is 0 Å². The minimum atomic E-state index is 0.0356. The van der Waals surface area contributed by atoms with Crippen molar-refractivity contribution in [2.24, 2.45) is 5.92 Å². The highest BCUT2D eigenvalue weighted by atomic mass is 32.1. The Balaban J connectivity index is 2.19. The highest BCUT2D eigenvalue weighted by Crippen LogP contribution is 2.16. The van der Waals surface area contributed by atoms with E-state index in [1.165, 1.54) is 0 Å². The predicted molar refractivity (Wildman–Crippen MR) is 71.6 cm³/mol. The number of carbonyl (C=O) groups is 1. The molecular weight excluding hydrogens is 234 g/mol. The molecule has 0 saturated heterocycles. The van der Waals surface area contributed by atoms with Gasteiger partial charge in [-0.3, -0.25) is 4.79 Å². The quantitative estimate of drug-likeness (QED) is 0.731. The van der Waals surface area contributed by atoms with Crippen molar-refractivity contribution in [3.8, 4) is 0 Å². The Morgan fingerprint density at radius 3 is 2.76 bits per heavy atom. The van der Waals surface area contributed by atoms with Crippen molar-refractivity contribution in [2.75, 3.05) is 5.32 Å². The van der Waals surface area contributed by atoms with Crippen LogP contribution in [-0.4, -0.2) is 15.9 Å². The molecule has 1 amide bonds. The van der Waals surface area contributed by atoms with Crippen LogP contribution in [0, 0.1) is 10.7 Å². The summed E-state index contributed by atoms with van der Waals surface area (Å²) in [6, 6.07) is 5.63. The van der Waals surface area contributed by atoms with Crippen molar-refractivity contribution in [2.45, 2.75) is 20.3 Å². The molecule has 0 atom stereocenters. The zero-order chi connectivity index (χ0) is 12.4. The number of amides is 1. The summed E-state index contributed by atoms with van der Waals surface area (Å²) in [6.45, 7) is 4.04. The number of rotatable bonds is 3. The van der Waals surface area contributed by atoms with Crippen LogP contribution >= 0.6 is 12.2 Å². The SMILES string of the molecule is CC(C)CC(=O)Nc1ccc2[nH]c(=S)[nH]c2c1. The minimum Gasteiger partial charge on any atom is -0.331 e. The van der Waals surface area contributed by atoms with Gasteiger partial charge >= 0.3 is 0 Å². The standard InChI is InChI=1S/C12H15N3OS/c1-7(2)5-11(16)13-8-3-4-9-10(6-8)15-12(17)14-9/h3-4,6-7H,5H2,1-2H3,(H,13,16)(H2,14,15,17).